The van der Waals surface area contributed by atoms with Gasteiger partial charge in [-0.2, -0.15) is 0 Å². The van der Waals surface area contributed by atoms with Crippen molar-refractivity contribution in [3.8, 4) is 0 Å². The summed E-state index contributed by atoms with van der Waals surface area (Å²) >= 11 is 3.46. The lowest BCUT2D eigenvalue weighted by Crippen LogP contribution is -2.46. The maximum Gasteiger partial charge on any atom is 0.317 e. The van der Waals surface area contributed by atoms with E-state index in [0.717, 1.165) is 41.7 Å². The first-order chi connectivity index (χ1) is 11.3. The van der Waals surface area contributed by atoms with Crippen LogP contribution in [0.25, 0.3) is 0 Å². The molecule has 2 rings (SSSR count). The molecule has 0 aromatic heterocycles. The fraction of sp³-hybridized carbons (Fsp3) is 0.529. The van der Waals surface area contributed by atoms with Crippen LogP contribution in [0.4, 0.5) is 5.69 Å². The number of carbonyl (C=O) groups is 2. The zero-order chi connectivity index (χ0) is 17.7. The molecule has 8 heteroatoms. The highest BCUT2D eigenvalue weighted by Crippen LogP contribution is 2.23. The van der Waals surface area contributed by atoms with Crippen LogP contribution in [0.2, 0.25) is 0 Å². The van der Waals surface area contributed by atoms with E-state index in [1.807, 2.05) is 37.1 Å². The van der Waals surface area contributed by atoms with Gasteiger partial charge in [-0.15, -0.1) is 12.4 Å². The monoisotopic (exact) mass is 433 g/mol. The lowest BCUT2D eigenvalue weighted by molar-refractivity contribution is -0.138. The minimum Gasteiger partial charge on any atom is -0.480 e. The summed E-state index contributed by atoms with van der Waals surface area (Å²) in [5.41, 5.74) is 1.91. The van der Waals surface area contributed by atoms with Crippen molar-refractivity contribution in [3.63, 3.8) is 0 Å². The third-order valence-electron chi connectivity index (χ3n) is 4.33. The lowest BCUT2D eigenvalue weighted by Gasteiger charge is -2.35. The first-order valence-corrected chi connectivity index (χ1v) is 8.85. The molecule has 0 saturated carbocycles. The second-order valence-corrected chi connectivity index (χ2v) is 7.20. The number of benzene rings is 1. The van der Waals surface area contributed by atoms with Gasteiger partial charge in [0.05, 0.1) is 18.8 Å². The van der Waals surface area contributed by atoms with Crippen LogP contribution in [0, 0.1) is 6.92 Å². The zero-order valence-electron chi connectivity index (χ0n) is 14.5. The topological polar surface area (TPSA) is 72.9 Å². The molecule has 6 nitrogen and oxygen atoms in total. The van der Waals surface area contributed by atoms with Crippen LogP contribution >= 0.6 is 28.3 Å². The Labute approximate surface area is 163 Å². The number of nitrogens with one attached hydrogen (secondary N) is 1. The van der Waals surface area contributed by atoms with Gasteiger partial charge in [0.25, 0.3) is 0 Å². The van der Waals surface area contributed by atoms with Crippen molar-refractivity contribution in [1.82, 2.24) is 9.80 Å². The number of likely N-dealkylation sites (N-methyl/N-ethyl adjacent to an activating group) is 1. The van der Waals surface area contributed by atoms with Crippen LogP contribution in [0.3, 0.4) is 0 Å². The van der Waals surface area contributed by atoms with E-state index in [9.17, 15) is 9.59 Å². The SMILES string of the molecule is Cc1ccc(NC(=O)CN2CCC(N(C)CC(=O)O)CC2)c(Br)c1.Cl. The van der Waals surface area contributed by atoms with Gasteiger partial charge in [0.1, 0.15) is 0 Å². The quantitative estimate of drug-likeness (QED) is 0.720. The molecule has 1 heterocycles. The highest BCUT2D eigenvalue weighted by Gasteiger charge is 2.24. The molecule has 25 heavy (non-hydrogen) atoms. The van der Waals surface area contributed by atoms with Crippen molar-refractivity contribution in [3.05, 3.63) is 28.2 Å². The Morgan fingerprint density at radius 3 is 2.56 bits per heavy atom. The smallest absolute Gasteiger partial charge is 0.317 e. The third-order valence-corrected chi connectivity index (χ3v) is 4.99. The number of anilines is 1. The highest BCUT2D eigenvalue weighted by molar-refractivity contribution is 9.10. The molecule has 0 atom stereocenters. The molecule has 1 fully saturated rings. The maximum absolute atomic E-state index is 12.2. The van der Waals surface area contributed by atoms with E-state index >= 15 is 0 Å². The number of halogens is 2. The first kappa shape index (κ1) is 21.9. The Hall–Kier alpha value is -1.15. The van der Waals surface area contributed by atoms with Gasteiger partial charge in [-0.1, -0.05) is 6.07 Å². The highest BCUT2D eigenvalue weighted by atomic mass is 79.9. The van der Waals surface area contributed by atoms with Gasteiger partial charge >= 0.3 is 5.97 Å². The molecule has 2 N–H and O–H groups in total. The molecule has 0 spiro atoms. The number of carboxylic acid groups (broad SMARTS) is 1. The van der Waals surface area contributed by atoms with Gasteiger partial charge in [0, 0.05) is 23.6 Å². The third kappa shape index (κ3) is 6.93. The molecule has 1 amide bonds. The van der Waals surface area contributed by atoms with Crippen molar-refractivity contribution >= 4 is 45.9 Å². The number of carbonyl (C=O) groups excluding carboxylic acids is 1. The van der Waals surface area contributed by atoms with E-state index in [2.05, 4.69) is 26.1 Å². The first-order valence-electron chi connectivity index (χ1n) is 8.05. The summed E-state index contributed by atoms with van der Waals surface area (Å²) in [6.07, 6.45) is 1.76. The van der Waals surface area contributed by atoms with E-state index in [1.54, 1.807) is 0 Å². The number of likely N-dealkylation sites (tertiary alicyclic amines) is 1. The molecule has 0 bridgehead atoms. The number of aliphatic carboxylic acids is 1. The summed E-state index contributed by atoms with van der Waals surface area (Å²) in [5.74, 6) is -0.833. The average molecular weight is 435 g/mol. The summed E-state index contributed by atoms with van der Waals surface area (Å²) in [7, 11) is 1.84. The van der Waals surface area contributed by atoms with Crippen molar-refractivity contribution in [2.24, 2.45) is 0 Å². The Kier molecular flexibility index (Phi) is 8.85. The second-order valence-electron chi connectivity index (χ2n) is 6.35. The Morgan fingerprint density at radius 1 is 1.36 bits per heavy atom. The molecule has 1 aromatic carbocycles. The molecular formula is C17H25BrClN3O3. The van der Waals surface area contributed by atoms with Gasteiger partial charge in [0.15, 0.2) is 0 Å². The van der Waals surface area contributed by atoms with Crippen LogP contribution in [0.15, 0.2) is 22.7 Å². The summed E-state index contributed by atoms with van der Waals surface area (Å²) in [4.78, 5) is 27.0. The number of hydrogen-bond donors (Lipinski definition) is 2. The molecule has 1 saturated heterocycles. The maximum atomic E-state index is 12.2. The van der Waals surface area contributed by atoms with E-state index in [-0.39, 0.29) is 30.9 Å². The van der Waals surface area contributed by atoms with Crippen molar-refractivity contribution in [2.45, 2.75) is 25.8 Å². The van der Waals surface area contributed by atoms with E-state index in [1.165, 1.54) is 0 Å². The summed E-state index contributed by atoms with van der Waals surface area (Å²) < 4.78 is 0.879. The number of carboxylic acids is 1. The number of aryl methyl sites for hydroxylation is 1. The fourth-order valence-corrected chi connectivity index (χ4v) is 3.57. The van der Waals surface area contributed by atoms with E-state index in [4.69, 9.17) is 5.11 Å². The molecule has 1 aliphatic heterocycles. The van der Waals surface area contributed by atoms with E-state index in [0.29, 0.717) is 6.54 Å². The minimum atomic E-state index is -0.803. The van der Waals surface area contributed by atoms with Crippen molar-refractivity contribution < 1.29 is 14.7 Å². The molecule has 0 unspecified atom stereocenters. The van der Waals surface area contributed by atoms with Gasteiger partial charge in [-0.25, -0.2) is 0 Å². The standard InChI is InChI=1S/C17H24BrN3O3.ClH/c1-12-3-4-15(14(18)9-12)19-16(22)10-21-7-5-13(6-8-21)20(2)11-17(23)24;/h3-4,9,13H,5-8,10-11H2,1-2H3,(H,19,22)(H,23,24);1H. The van der Waals surface area contributed by atoms with Crippen molar-refractivity contribution in [1.29, 1.82) is 0 Å². The predicted octanol–water partition coefficient (Wildman–Crippen LogP) is 2.60. The summed E-state index contributed by atoms with van der Waals surface area (Å²) in [5, 5.41) is 11.8. The van der Waals surface area contributed by atoms with Crippen LogP contribution in [-0.4, -0.2) is 66.1 Å². The minimum absolute atomic E-state index is 0. The summed E-state index contributed by atoms with van der Waals surface area (Å²) in [6, 6.07) is 6.10. The van der Waals surface area contributed by atoms with Crippen LogP contribution in [-0.2, 0) is 9.59 Å². The number of rotatable bonds is 6. The number of amides is 1. The average Bonchev–Trinajstić information content (AvgIpc) is 2.50. The Bertz CT molecular complexity index is 607. The van der Waals surface area contributed by atoms with Crippen LogP contribution in [0.5, 0.6) is 0 Å². The molecule has 0 radical (unpaired) electrons. The van der Waals surface area contributed by atoms with Crippen LogP contribution in [0.1, 0.15) is 18.4 Å². The van der Waals surface area contributed by atoms with Gasteiger partial charge < -0.3 is 10.4 Å². The molecule has 0 aliphatic carbocycles. The lowest BCUT2D eigenvalue weighted by atomic mass is 10.0. The van der Waals surface area contributed by atoms with E-state index < -0.39 is 5.97 Å². The largest absolute Gasteiger partial charge is 0.480 e. The molecule has 140 valence electrons. The normalized spacial score (nSPS) is 15.7. The Balaban J connectivity index is 0.00000312. The molecular weight excluding hydrogens is 410 g/mol. The second kappa shape index (κ2) is 10.1. The van der Waals surface area contributed by atoms with Crippen molar-refractivity contribution in [2.75, 3.05) is 38.5 Å². The molecule has 1 aliphatic rings. The van der Waals surface area contributed by atoms with Gasteiger partial charge in [-0.3, -0.25) is 19.4 Å². The predicted molar refractivity (Wildman–Crippen MR) is 104 cm³/mol. The number of nitrogens with zero attached hydrogens (tertiary/aromatic N) is 2. The number of piperidine rings is 1. The number of hydrogen-bond acceptors (Lipinski definition) is 4. The van der Waals surface area contributed by atoms with Gasteiger partial charge in [0.2, 0.25) is 5.91 Å². The molecule has 1 aromatic rings. The van der Waals surface area contributed by atoms with Gasteiger partial charge in [-0.05, 0) is 60.4 Å². The summed E-state index contributed by atoms with van der Waals surface area (Å²) in [6.45, 7) is 4.03. The van der Waals surface area contributed by atoms with Crippen LogP contribution < -0.4 is 5.32 Å². The fourth-order valence-electron chi connectivity index (χ4n) is 2.98. The zero-order valence-corrected chi connectivity index (χ0v) is 16.9. The Morgan fingerprint density at radius 2 is 2.00 bits per heavy atom.